The summed E-state index contributed by atoms with van der Waals surface area (Å²) in [4.78, 5) is 46.5. The monoisotopic (exact) mass is 497 g/mol. The smallest absolute Gasteiger partial charge is 0.267 e. The molecule has 1 aliphatic heterocycles. The fourth-order valence-corrected chi connectivity index (χ4v) is 4.92. The van der Waals surface area contributed by atoms with Gasteiger partial charge in [0, 0.05) is 36.9 Å². The third kappa shape index (κ3) is 5.78. The minimum Gasteiger partial charge on any atom is -0.496 e. The highest BCUT2D eigenvalue weighted by Gasteiger charge is 2.28. The van der Waals surface area contributed by atoms with E-state index in [1.807, 2.05) is 4.90 Å². The molecule has 1 saturated heterocycles. The second-order valence-electron chi connectivity index (χ2n) is 9.67. The van der Waals surface area contributed by atoms with Gasteiger partial charge in [0.1, 0.15) is 11.3 Å². The number of amides is 2. The van der Waals surface area contributed by atoms with Crippen LogP contribution in [0, 0.1) is 0 Å². The number of aromatic amines is 1. The average molecular weight is 498 g/mol. The Labute approximate surface area is 210 Å². The van der Waals surface area contributed by atoms with Crippen molar-refractivity contribution in [1.82, 2.24) is 14.9 Å². The number of primary amides is 1. The third-order valence-electron chi connectivity index (χ3n) is 6.96. The van der Waals surface area contributed by atoms with E-state index in [9.17, 15) is 14.4 Å². The lowest BCUT2D eigenvalue weighted by molar-refractivity contribution is 0.0720. The zero-order chi connectivity index (χ0) is 25.7. The fraction of sp³-hybridized carbons (Fsp3) is 0.520. The van der Waals surface area contributed by atoms with Gasteiger partial charge in [0.2, 0.25) is 5.95 Å². The Morgan fingerprint density at radius 1 is 1.14 bits per heavy atom. The third-order valence-corrected chi connectivity index (χ3v) is 6.96. The zero-order valence-corrected chi connectivity index (χ0v) is 20.7. The molecule has 1 aromatic carbocycles. The van der Waals surface area contributed by atoms with Gasteiger partial charge in [0.15, 0.2) is 5.82 Å². The summed E-state index contributed by atoms with van der Waals surface area (Å²) in [6.07, 6.45) is 8.16. The van der Waals surface area contributed by atoms with E-state index >= 15 is 0 Å². The number of piperidine rings is 1. The average Bonchev–Trinajstić information content (AvgIpc) is 2.87. The van der Waals surface area contributed by atoms with Crippen molar-refractivity contribution in [3.05, 3.63) is 39.7 Å². The number of carbonyl (C=O) groups is 2. The first-order chi connectivity index (χ1) is 17.3. The molecule has 0 spiro atoms. The number of H-pyrrole nitrogens is 1. The number of aromatic nitrogens is 2. The maximum absolute atomic E-state index is 13.0. The van der Waals surface area contributed by atoms with Gasteiger partial charge in [-0.1, -0.05) is 19.3 Å². The molecule has 11 heteroatoms. The predicted molar refractivity (Wildman–Crippen MR) is 138 cm³/mol. The summed E-state index contributed by atoms with van der Waals surface area (Å²) < 4.78 is 5.48. The van der Waals surface area contributed by atoms with Crippen molar-refractivity contribution in [2.45, 2.75) is 56.9 Å². The van der Waals surface area contributed by atoms with Crippen molar-refractivity contribution in [2.24, 2.45) is 11.5 Å². The van der Waals surface area contributed by atoms with E-state index in [-0.39, 0.29) is 28.8 Å². The van der Waals surface area contributed by atoms with Gasteiger partial charge in [0.05, 0.1) is 12.7 Å². The number of hydrogen-bond acceptors (Lipinski definition) is 8. The maximum Gasteiger partial charge on any atom is 0.267 e. The molecule has 0 unspecified atom stereocenters. The van der Waals surface area contributed by atoms with Gasteiger partial charge in [0.25, 0.3) is 17.4 Å². The molecule has 2 aromatic rings. The van der Waals surface area contributed by atoms with Crippen LogP contribution in [-0.4, -0.2) is 59.0 Å². The molecule has 1 aromatic heterocycles. The van der Waals surface area contributed by atoms with E-state index in [1.54, 1.807) is 18.2 Å². The van der Waals surface area contributed by atoms with E-state index in [0.29, 0.717) is 23.5 Å². The zero-order valence-electron chi connectivity index (χ0n) is 20.7. The summed E-state index contributed by atoms with van der Waals surface area (Å²) in [5, 5.41) is 6.11. The van der Waals surface area contributed by atoms with Crippen LogP contribution in [0.15, 0.2) is 23.0 Å². The Morgan fingerprint density at radius 2 is 1.83 bits per heavy atom. The van der Waals surface area contributed by atoms with Crippen molar-refractivity contribution >= 4 is 29.3 Å². The van der Waals surface area contributed by atoms with Crippen LogP contribution in [0.4, 0.5) is 17.5 Å². The molecule has 4 rings (SSSR count). The molecular weight excluding hydrogens is 462 g/mol. The predicted octanol–water partition coefficient (Wildman–Crippen LogP) is 2.32. The van der Waals surface area contributed by atoms with Crippen LogP contribution in [0.25, 0.3) is 0 Å². The van der Waals surface area contributed by atoms with Gasteiger partial charge in [-0.15, -0.1) is 0 Å². The highest BCUT2D eigenvalue weighted by molar-refractivity contribution is 5.99. The van der Waals surface area contributed by atoms with Crippen LogP contribution in [0.2, 0.25) is 0 Å². The maximum atomic E-state index is 13.0. The van der Waals surface area contributed by atoms with Crippen LogP contribution >= 0.6 is 0 Å². The molecule has 194 valence electrons. The summed E-state index contributed by atoms with van der Waals surface area (Å²) in [5.41, 5.74) is 11.6. The van der Waals surface area contributed by atoms with E-state index in [1.165, 1.54) is 13.5 Å². The number of nitrogens with zero attached hydrogens (tertiary/aromatic N) is 2. The summed E-state index contributed by atoms with van der Waals surface area (Å²) >= 11 is 0. The van der Waals surface area contributed by atoms with Crippen molar-refractivity contribution in [3.8, 4) is 5.75 Å². The lowest BCUT2D eigenvalue weighted by Crippen LogP contribution is -2.48. The lowest BCUT2D eigenvalue weighted by Gasteiger charge is -2.33. The van der Waals surface area contributed by atoms with Gasteiger partial charge in [-0.2, -0.15) is 4.98 Å². The van der Waals surface area contributed by atoms with E-state index in [4.69, 9.17) is 16.2 Å². The first-order valence-corrected chi connectivity index (χ1v) is 12.5. The van der Waals surface area contributed by atoms with Crippen molar-refractivity contribution < 1.29 is 14.3 Å². The lowest BCUT2D eigenvalue weighted by atomic mass is 9.82. The number of likely N-dealkylation sites (tertiary alicyclic amines) is 1. The fourth-order valence-electron chi connectivity index (χ4n) is 4.92. The van der Waals surface area contributed by atoms with E-state index < -0.39 is 11.5 Å². The molecule has 0 radical (unpaired) electrons. The van der Waals surface area contributed by atoms with Gasteiger partial charge < -0.3 is 31.7 Å². The summed E-state index contributed by atoms with van der Waals surface area (Å²) in [7, 11) is 1.49. The van der Waals surface area contributed by atoms with Gasteiger partial charge in [-0.3, -0.25) is 19.4 Å². The molecule has 11 nitrogen and oxygen atoms in total. The highest BCUT2D eigenvalue weighted by atomic mass is 16.5. The first kappa shape index (κ1) is 25.5. The Hall–Kier alpha value is -3.60. The number of rotatable bonds is 8. The molecule has 0 atom stereocenters. The molecule has 2 aliphatic rings. The topological polar surface area (TPSA) is 168 Å². The Morgan fingerprint density at radius 3 is 2.50 bits per heavy atom. The first-order valence-electron chi connectivity index (χ1n) is 12.5. The minimum absolute atomic E-state index is 0.000579. The van der Waals surface area contributed by atoms with Gasteiger partial charge in [-0.25, -0.2) is 0 Å². The Bertz CT molecular complexity index is 1170. The molecule has 2 fully saturated rings. The minimum atomic E-state index is -0.913. The van der Waals surface area contributed by atoms with E-state index in [0.717, 1.165) is 58.0 Å². The van der Waals surface area contributed by atoms with Crippen molar-refractivity contribution in [2.75, 3.05) is 37.4 Å². The standard InChI is InChI=1S/C25H35N7O4/c1-36-18-14-16(8-9-17(18)23(35)32-12-6-3-7-13-32)29-21-19(20(26)33)22(34)31-24(30-21)28-15-25(27)10-4-2-5-11-25/h8-9,14H,2-7,10-13,15,27H2,1H3,(H2,26,33)(H3,28,29,30,31,34). The number of carbonyl (C=O) groups excluding carboxylic acids is 2. The largest absolute Gasteiger partial charge is 0.496 e. The van der Waals surface area contributed by atoms with Crippen LogP contribution < -0.4 is 32.4 Å². The molecular formula is C25H35N7O4. The molecule has 7 N–H and O–H groups in total. The second kappa shape index (κ2) is 11.0. The van der Waals surface area contributed by atoms with Crippen LogP contribution in [0.3, 0.4) is 0 Å². The number of hydrogen-bond donors (Lipinski definition) is 5. The Balaban J connectivity index is 1.58. The van der Waals surface area contributed by atoms with Crippen LogP contribution in [-0.2, 0) is 0 Å². The van der Waals surface area contributed by atoms with Crippen molar-refractivity contribution in [1.29, 1.82) is 0 Å². The second-order valence-corrected chi connectivity index (χ2v) is 9.67. The normalized spacial score (nSPS) is 17.3. The van der Waals surface area contributed by atoms with Crippen LogP contribution in [0.5, 0.6) is 5.75 Å². The summed E-state index contributed by atoms with van der Waals surface area (Å²) in [6.45, 7) is 1.88. The number of nitrogens with one attached hydrogen (secondary N) is 3. The SMILES string of the molecule is COc1cc(Nc2nc(NCC3(N)CCCCC3)[nH]c(=O)c2C(N)=O)ccc1C(=O)N1CCCCC1. The molecule has 36 heavy (non-hydrogen) atoms. The number of ether oxygens (including phenoxy) is 1. The molecule has 0 bridgehead atoms. The van der Waals surface area contributed by atoms with E-state index in [2.05, 4.69) is 20.6 Å². The molecule has 1 saturated carbocycles. The van der Waals surface area contributed by atoms with Crippen molar-refractivity contribution in [3.63, 3.8) is 0 Å². The Kier molecular flexibility index (Phi) is 7.78. The number of nitrogens with two attached hydrogens (primary N) is 2. The summed E-state index contributed by atoms with van der Waals surface area (Å²) in [5.74, 6) is -0.437. The molecule has 2 heterocycles. The number of anilines is 3. The highest BCUT2D eigenvalue weighted by Crippen LogP contribution is 2.29. The van der Waals surface area contributed by atoms with Gasteiger partial charge in [-0.05, 0) is 44.2 Å². The quantitative estimate of drug-likeness (QED) is 0.370. The number of methoxy groups -OCH3 is 1. The molecule has 1 aliphatic carbocycles. The number of benzene rings is 1. The van der Waals surface area contributed by atoms with Crippen LogP contribution in [0.1, 0.15) is 72.1 Å². The summed E-state index contributed by atoms with van der Waals surface area (Å²) in [6, 6.07) is 4.97. The van der Waals surface area contributed by atoms with Gasteiger partial charge >= 0.3 is 0 Å². The molecule has 2 amide bonds.